The maximum Gasteiger partial charge on any atom is 0.409 e. The SMILES string of the molecule is CC(=O)c1csc(NC(=O)C(C(F)(F)F)C(F)(F)F)n1. The third kappa shape index (κ3) is 3.92. The largest absolute Gasteiger partial charge is 0.409 e. The minimum absolute atomic E-state index is 0.166. The van der Waals surface area contributed by atoms with Crippen LogP contribution < -0.4 is 5.32 Å². The number of amides is 1. The van der Waals surface area contributed by atoms with Gasteiger partial charge in [0, 0.05) is 12.3 Å². The Balaban J connectivity index is 2.94. The summed E-state index contributed by atoms with van der Waals surface area (Å²) in [7, 11) is 0. The predicted molar refractivity (Wildman–Crippen MR) is 56.3 cm³/mol. The number of ketones is 1. The fourth-order valence-corrected chi connectivity index (χ4v) is 1.91. The molecule has 1 rings (SSSR count). The van der Waals surface area contributed by atoms with Crippen LogP contribution in [0.15, 0.2) is 5.38 Å². The van der Waals surface area contributed by atoms with Crippen molar-refractivity contribution in [2.24, 2.45) is 5.92 Å². The Hall–Kier alpha value is -1.65. The summed E-state index contributed by atoms with van der Waals surface area (Å²) in [5.74, 6) is -6.99. The van der Waals surface area contributed by atoms with E-state index in [-0.39, 0.29) is 5.69 Å². The van der Waals surface area contributed by atoms with Gasteiger partial charge in [-0.3, -0.25) is 9.59 Å². The summed E-state index contributed by atoms with van der Waals surface area (Å²) in [5, 5.41) is 2.00. The van der Waals surface area contributed by atoms with Gasteiger partial charge in [-0.1, -0.05) is 0 Å². The Morgan fingerprint density at radius 3 is 2.05 bits per heavy atom. The van der Waals surface area contributed by atoms with E-state index in [0.29, 0.717) is 11.3 Å². The molecule has 1 aromatic heterocycles. The summed E-state index contributed by atoms with van der Waals surface area (Å²) in [6.45, 7) is 1.11. The van der Waals surface area contributed by atoms with Gasteiger partial charge in [0.1, 0.15) is 5.69 Å². The second-order valence-electron chi connectivity index (χ2n) is 3.60. The molecule has 1 heterocycles. The monoisotopic (exact) mass is 320 g/mol. The third-order valence-corrected chi connectivity index (χ3v) is 2.77. The van der Waals surface area contributed by atoms with Crippen LogP contribution in [0.1, 0.15) is 17.4 Å². The van der Waals surface area contributed by atoms with E-state index in [0.717, 1.165) is 12.3 Å². The summed E-state index contributed by atoms with van der Waals surface area (Å²) in [6.07, 6.45) is -11.5. The number of alkyl halides is 6. The first-order chi connectivity index (χ1) is 8.93. The minimum Gasteiger partial charge on any atom is -0.301 e. The molecular weight excluding hydrogens is 314 g/mol. The lowest BCUT2D eigenvalue weighted by atomic mass is 10.1. The van der Waals surface area contributed by atoms with E-state index in [1.807, 2.05) is 0 Å². The number of aromatic nitrogens is 1. The summed E-state index contributed by atoms with van der Waals surface area (Å²) in [5.41, 5.74) is -0.166. The summed E-state index contributed by atoms with van der Waals surface area (Å²) in [6, 6.07) is 0. The molecule has 0 radical (unpaired) electrons. The lowest BCUT2D eigenvalue weighted by Gasteiger charge is -2.21. The van der Waals surface area contributed by atoms with Crippen LogP contribution in [0.4, 0.5) is 31.5 Å². The Morgan fingerprint density at radius 1 is 1.20 bits per heavy atom. The lowest BCUT2D eigenvalue weighted by molar-refractivity contribution is -0.272. The van der Waals surface area contributed by atoms with Crippen molar-refractivity contribution in [1.82, 2.24) is 4.98 Å². The molecule has 0 aromatic carbocycles. The molecule has 1 aromatic rings. The number of Topliss-reactive ketones (excluding diaryl/α,β-unsaturated/α-hetero) is 1. The molecule has 0 aliphatic rings. The first-order valence-corrected chi connectivity index (χ1v) is 5.71. The van der Waals surface area contributed by atoms with Crippen molar-refractivity contribution >= 4 is 28.2 Å². The Labute approximate surface area is 111 Å². The van der Waals surface area contributed by atoms with Gasteiger partial charge in [-0.2, -0.15) is 26.3 Å². The van der Waals surface area contributed by atoms with Crippen LogP contribution in [0.3, 0.4) is 0 Å². The topological polar surface area (TPSA) is 59.1 Å². The van der Waals surface area contributed by atoms with Gasteiger partial charge in [0.15, 0.2) is 10.9 Å². The van der Waals surface area contributed by atoms with Crippen molar-refractivity contribution < 1.29 is 35.9 Å². The van der Waals surface area contributed by atoms with Crippen molar-refractivity contribution in [2.75, 3.05) is 5.32 Å². The van der Waals surface area contributed by atoms with Crippen molar-refractivity contribution in [3.63, 3.8) is 0 Å². The number of halogens is 6. The number of carbonyl (C=O) groups excluding carboxylic acids is 2. The van der Waals surface area contributed by atoms with Gasteiger partial charge in [-0.15, -0.1) is 11.3 Å². The molecule has 0 saturated carbocycles. The summed E-state index contributed by atoms with van der Waals surface area (Å²) in [4.78, 5) is 25.4. The number of anilines is 1. The third-order valence-electron chi connectivity index (χ3n) is 2.01. The number of hydrogen-bond donors (Lipinski definition) is 1. The highest BCUT2D eigenvalue weighted by Crippen LogP contribution is 2.40. The molecular formula is C9H6F6N2O2S. The molecule has 20 heavy (non-hydrogen) atoms. The zero-order chi connectivity index (χ0) is 15.7. The predicted octanol–water partition coefficient (Wildman–Crippen LogP) is 3.03. The van der Waals surface area contributed by atoms with E-state index in [1.54, 1.807) is 0 Å². The molecule has 0 saturated heterocycles. The molecule has 4 nitrogen and oxygen atoms in total. The second kappa shape index (κ2) is 5.38. The van der Waals surface area contributed by atoms with Crippen LogP contribution >= 0.6 is 11.3 Å². The van der Waals surface area contributed by atoms with E-state index < -0.39 is 35.1 Å². The molecule has 0 unspecified atom stereocenters. The number of nitrogens with zero attached hydrogens (tertiary/aromatic N) is 1. The Kier molecular flexibility index (Phi) is 4.42. The average Bonchev–Trinajstić information content (AvgIpc) is 2.60. The number of rotatable bonds is 3. The normalized spacial score (nSPS) is 12.6. The zero-order valence-electron chi connectivity index (χ0n) is 9.59. The van der Waals surface area contributed by atoms with Gasteiger partial charge in [0.2, 0.25) is 11.8 Å². The molecule has 0 bridgehead atoms. The molecule has 0 aliphatic carbocycles. The molecule has 0 spiro atoms. The van der Waals surface area contributed by atoms with Crippen LogP contribution in [0.5, 0.6) is 0 Å². The smallest absolute Gasteiger partial charge is 0.301 e. The lowest BCUT2D eigenvalue weighted by Crippen LogP contribution is -2.45. The van der Waals surface area contributed by atoms with Crippen LogP contribution in [0.2, 0.25) is 0 Å². The van der Waals surface area contributed by atoms with Crippen molar-refractivity contribution in [2.45, 2.75) is 19.3 Å². The molecule has 0 aliphatic heterocycles. The second-order valence-corrected chi connectivity index (χ2v) is 4.46. The molecule has 0 fully saturated rings. The molecule has 1 amide bonds. The van der Waals surface area contributed by atoms with E-state index in [4.69, 9.17) is 0 Å². The van der Waals surface area contributed by atoms with Gasteiger partial charge in [-0.25, -0.2) is 4.98 Å². The zero-order valence-corrected chi connectivity index (χ0v) is 10.4. The van der Waals surface area contributed by atoms with Gasteiger partial charge in [0.25, 0.3) is 0 Å². The maximum absolute atomic E-state index is 12.3. The highest BCUT2D eigenvalue weighted by Gasteiger charge is 2.61. The van der Waals surface area contributed by atoms with Crippen LogP contribution in [-0.4, -0.2) is 29.0 Å². The summed E-state index contributed by atoms with van der Waals surface area (Å²) < 4.78 is 73.5. The van der Waals surface area contributed by atoms with Gasteiger partial charge in [0.05, 0.1) is 0 Å². The summed E-state index contributed by atoms with van der Waals surface area (Å²) >= 11 is 0.546. The molecule has 0 atom stereocenters. The Bertz CT molecular complexity index is 507. The Morgan fingerprint density at radius 2 is 1.70 bits per heavy atom. The maximum atomic E-state index is 12.3. The van der Waals surface area contributed by atoms with E-state index in [1.165, 1.54) is 5.32 Å². The van der Waals surface area contributed by atoms with Gasteiger partial charge < -0.3 is 5.32 Å². The number of carbonyl (C=O) groups is 2. The van der Waals surface area contributed by atoms with E-state index in [2.05, 4.69) is 4.98 Å². The first kappa shape index (κ1) is 16.4. The fraction of sp³-hybridized carbons (Fsp3) is 0.444. The average molecular weight is 320 g/mol. The van der Waals surface area contributed by atoms with Crippen LogP contribution in [0, 0.1) is 5.92 Å². The number of hydrogen-bond acceptors (Lipinski definition) is 4. The standard InChI is InChI=1S/C9H6F6N2O2S/c1-3(18)4-2-20-7(16-4)17-6(19)5(8(10,11)12)9(13,14)15/h2,5H,1H3,(H,16,17,19). The van der Waals surface area contributed by atoms with E-state index >= 15 is 0 Å². The number of thiazole rings is 1. The minimum atomic E-state index is -5.77. The van der Waals surface area contributed by atoms with Crippen LogP contribution in [-0.2, 0) is 4.79 Å². The van der Waals surface area contributed by atoms with Gasteiger partial charge in [-0.05, 0) is 0 Å². The molecule has 112 valence electrons. The van der Waals surface area contributed by atoms with Crippen molar-refractivity contribution in [1.29, 1.82) is 0 Å². The molecule has 1 N–H and O–H groups in total. The quantitative estimate of drug-likeness (QED) is 0.688. The number of nitrogens with one attached hydrogen (secondary N) is 1. The highest BCUT2D eigenvalue weighted by atomic mass is 32.1. The highest BCUT2D eigenvalue weighted by molar-refractivity contribution is 7.14. The fourth-order valence-electron chi connectivity index (χ4n) is 1.15. The van der Waals surface area contributed by atoms with E-state index in [9.17, 15) is 35.9 Å². The first-order valence-electron chi connectivity index (χ1n) is 4.83. The van der Waals surface area contributed by atoms with Gasteiger partial charge >= 0.3 is 12.4 Å². The van der Waals surface area contributed by atoms with Crippen LogP contribution in [0.25, 0.3) is 0 Å². The van der Waals surface area contributed by atoms with Crippen molar-refractivity contribution in [3.05, 3.63) is 11.1 Å². The van der Waals surface area contributed by atoms with Crippen molar-refractivity contribution in [3.8, 4) is 0 Å². The molecule has 11 heteroatoms.